The molecule has 1 heterocycles. The van der Waals surface area contributed by atoms with Gasteiger partial charge in [0.05, 0.1) is 21.5 Å². The second-order valence-electron chi connectivity index (χ2n) is 3.11. The monoisotopic (exact) mass is 349 g/mol. The van der Waals surface area contributed by atoms with Crippen molar-refractivity contribution >= 4 is 34.5 Å². The average Bonchev–Trinajstić information content (AvgIpc) is 2.56. The molecule has 0 radical (unpaired) electrons. The summed E-state index contributed by atoms with van der Waals surface area (Å²) in [5.74, 6) is -0.538. The first kappa shape index (κ1) is 15.7. The van der Waals surface area contributed by atoms with Gasteiger partial charge in [0.1, 0.15) is 7.11 Å². The molecule has 1 aromatic rings. The summed E-state index contributed by atoms with van der Waals surface area (Å²) < 4.78 is 6.57. The number of hydrogen-bond donors (Lipinski definition) is 0. The molecule has 0 saturated heterocycles. The molecule has 0 saturated carbocycles. The van der Waals surface area contributed by atoms with Crippen molar-refractivity contribution in [3.05, 3.63) is 27.6 Å². The lowest BCUT2D eigenvalue weighted by molar-refractivity contribution is -0.134. The van der Waals surface area contributed by atoms with E-state index in [0.29, 0.717) is 0 Å². The van der Waals surface area contributed by atoms with Crippen molar-refractivity contribution in [2.24, 2.45) is 0 Å². The van der Waals surface area contributed by atoms with Crippen molar-refractivity contribution in [3.63, 3.8) is 0 Å². The lowest BCUT2D eigenvalue weighted by Gasteiger charge is -1.95. The minimum absolute atomic E-state index is 0.0338. The van der Waals surface area contributed by atoms with E-state index in [1.54, 1.807) is 0 Å². The zero-order chi connectivity index (χ0) is 13.6. The Morgan fingerprint density at radius 1 is 1.47 bits per heavy atom. The highest BCUT2D eigenvalue weighted by Crippen LogP contribution is 2.14. The van der Waals surface area contributed by atoms with Gasteiger partial charge in [-0.2, -0.15) is 5.10 Å². The molecule has 0 aliphatic rings. The molecule has 0 aromatic carbocycles. The zero-order valence-corrected chi connectivity index (χ0v) is 12.3. The highest BCUT2D eigenvalue weighted by Gasteiger charge is 2.10. The SMILES string of the molecule is CC(=O)n1nc(C)c(I)c1C.[CH+]=CC(=O)OC. The first-order chi connectivity index (χ1) is 7.84. The van der Waals surface area contributed by atoms with Crippen LogP contribution in [0.2, 0.25) is 0 Å². The highest BCUT2D eigenvalue weighted by atomic mass is 127. The van der Waals surface area contributed by atoms with Crippen LogP contribution in [-0.2, 0) is 9.53 Å². The summed E-state index contributed by atoms with van der Waals surface area (Å²) in [6, 6.07) is 0. The summed E-state index contributed by atoms with van der Waals surface area (Å²) in [7, 11) is 1.27. The Morgan fingerprint density at radius 3 is 2.12 bits per heavy atom. The second kappa shape index (κ2) is 7.13. The van der Waals surface area contributed by atoms with Crippen LogP contribution >= 0.6 is 22.6 Å². The summed E-state index contributed by atoms with van der Waals surface area (Å²) in [6.45, 7) is 9.98. The van der Waals surface area contributed by atoms with Crippen molar-refractivity contribution in [1.29, 1.82) is 0 Å². The quantitative estimate of drug-likeness (QED) is 0.336. The fourth-order valence-electron chi connectivity index (χ4n) is 0.998. The van der Waals surface area contributed by atoms with Gasteiger partial charge in [-0.25, -0.2) is 4.68 Å². The molecule has 17 heavy (non-hydrogen) atoms. The Bertz CT molecular complexity index is 438. The van der Waals surface area contributed by atoms with E-state index in [0.717, 1.165) is 21.0 Å². The largest absolute Gasteiger partial charge is 0.483 e. The van der Waals surface area contributed by atoms with Crippen LogP contribution in [0, 0.1) is 24.0 Å². The van der Waals surface area contributed by atoms with Gasteiger partial charge in [-0.1, -0.05) is 0 Å². The number of nitrogens with zero attached hydrogens (tertiary/aromatic N) is 2. The zero-order valence-electron chi connectivity index (χ0n) is 10.2. The maximum absolute atomic E-state index is 10.9. The van der Waals surface area contributed by atoms with Crippen molar-refractivity contribution < 1.29 is 14.3 Å². The lowest BCUT2D eigenvalue weighted by Crippen LogP contribution is -2.09. The van der Waals surface area contributed by atoms with E-state index >= 15 is 0 Å². The van der Waals surface area contributed by atoms with Crippen LogP contribution in [0.1, 0.15) is 23.1 Å². The number of aryl methyl sites for hydroxylation is 1. The summed E-state index contributed by atoms with van der Waals surface area (Å²) in [5.41, 5.74) is 1.84. The van der Waals surface area contributed by atoms with Gasteiger partial charge in [0, 0.05) is 6.92 Å². The first-order valence-corrected chi connectivity index (χ1v) is 5.78. The Hall–Kier alpha value is -1.27. The van der Waals surface area contributed by atoms with Crippen LogP contribution in [-0.4, -0.2) is 28.8 Å². The van der Waals surface area contributed by atoms with E-state index in [1.165, 1.54) is 18.7 Å². The summed E-state index contributed by atoms with van der Waals surface area (Å²) in [5, 5.41) is 4.07. The molecule has 1 rings (SSSR count). The maximum Gasteiger partial charge on any atom is 0.483 e. The number of carbonyl (C=O) groups excluding carboxylic acids is 2. The normalized spacial score (nSPS) is 8.94. The minimum Gasteiger partial charge on any atom is -0.376 e. The summed E-state index contributed by atoms with van der Waals surface area (Å²) >= 11 is 2.19. The van der Waals surface area contributed by atoms with Gasteiger partial charge in [-0.3, -0.25) is 4.79 Å². The molecular formula is C11H14IN2O3+. The molecule has 0 aliphatic carbocycles. The third-order valence-corrected chi connectivity index (χ3v) is 3.40. The highest BCUT2D eigenvalue weighted by molar-refractivity contribution is 14.1. The molecule has 0 N–H and O–H groups in total. The molecule has 0 spiro atoms. The fraction of sp³-hybridized carbons (Fsp3) is 0.364. The number of rotatable bonds is 1. The molecule has 5 nitrogen and oxygen atoms in total. The van der Waals surface area contributed by atoms with Crippen LogP contribution in [0.15, 0.2) is 6.08 Å². The van der Waals surface area contributed by atoms with Crippen LogP contribution in [0.3, 0.4) is 0 Å². The van der Waals surface area contributed by atoms with Gasteiger partial charge in [0.25, 0.3) is 0 Å². The van der Waals surface area contributed by atoms with E-state index in [9.17, 15) is 9.59 Å². The van der Waals surface area contributed by atoms with E-state index in [4.69, 9.17) is 0 Å². The number of ether oxygens (including phenoxy) is 1. The van der Waals surface area contributed by atoms with Gasteiger partial charge in [0.2, 0.25) is 12.0 Å². The predicted molar refractivity (Wildman–Crippen MR) is 71.6 cm³/mol. The van der Waals surface area contributed by atoms with Crippen molar-refractivity contribution in [3.8, 4) is 0 Å². The Kier molecular flexibility index (Phi) is 6.60. The second-order valence-corrected chi connectivity index (χ2v) is 4.18. The standard InChI is InChI=1S/C7H9IN2O.C4H5O2/c1-4-7(8)5(2)10(9-4)6(3)11;1-3-4(5)6-2/h1-3H3;1,3H,2H3/q;+1. The number of halogens is 1. The van der Waals surface area contributed by atoms with Crippen molar-refractivity contribution in [1.82, 2.24) is 9.78 Å². The Morgan fingerprint density at radius 2 is 2.00 bits per heavy atom. The third-order valence-electron chi connectivity index (χ3n) is 1.84. The molecule has 6 heteroatoms. The minimum atomic E-state index is -0.505. The van der Waals surface area contributed by atoms with Gasteiger partial charge < -0.3 is 4.74 Å². The lowest BCUT2D eigenvalue weighted by atomic mass is 10.4. The van der Waals surface area contributed by atoms with Crippen LogP contribution in [0.5, 0.6) is 0 Å². The molecule has 0 unspecified atom stereocenters. The molecule has 0 amide bonds. The van der Waals surface area contributed by atoms with Gasteiger partial charge in [-0.05, 0) is 36.4 Å². The van der Waals surface area contributed by atoms with Crippen LogP contribution in [0.25, 0.3) is 0 Å². The number of aromatic nitrogens is 2. The van der Waals surface area contributed by atoms with Crippen LogP contribution in [0.4, 0.5) is 0 Å². The van der Waals surface area contributed by atoms with Gasteiger partial charge in [0.15, 0.2) is 0 Å². The van der Waals surface area contributed by atoms with Crippen molar-refractivity contribution in [2.75, 3.05) is 7.11 Å². The Labute approximate surface area is 114 Å². The molecule has 0 aliphatic heterocycles. The summed E-state index contributed by atoms with van der Waals surface area (Å²) in [4.78, 5) is 20.7. The van der Waals surface area contributed by atoms with Gasteiger partial charge in [-0.15, -0.1) is 4.79 Å². The number of hydrogen-bond acceptors (Lipinski definition) is 4. The van der Waals surface area contributed by atoms with E-state index in [1.807, 2.05) is 13.8 Å². The predicted octanol–water partition coefficient (Wildman–Crippen LogP) is 1.91. The molecular weight excluding hydrogens is 335 g/mol. The smallest absolute Gasteiger partial charge is 0.376 e. The van der Waals surface area contributed by atoms with E-state index < -0.39 is 5.97 Å². The van der Waals surface area contributed by atoms with E-state index in [2.05, 4.69) is 39.0 Å². The third kappa shape index (κ3) is 4.62. The van der Waals surface area contributed by atoms with Crippen LogP contribution < -0.4 is 0 Å². The fourth-order valence-corrected chi connectivity index (χ4v) is 1.33. The average molecular weight is 349 g/mol. The Balaban J connectivity index is 0.000000366. The number of methoxy groups -OCH3 is 1. The number of carbonyl (C=O) groups is 2. The molecule has 0 bridgehead atoms. The van der Waals surface area contributed by atoms with E-state index in [-0.39, 0.29) is 5.91 Å². The molecule has 92 valence electrons. The number of esters is 1. The molecule has 0 atom stereocenters. The van der Waals surface area contributed by atoms with Crippen molar-refractivity contribution in [2.45, 2.75) is 20.8 Å². The maximum atomic E-state index is 10.9. The molecule has 1 aromatic heterocycles. The molecule has 0 fully saturated rings. The summed E-state index contributed by atoms with van der Waals surface area (Å²) in [6.07, 6.45) is 0.861. The topological polar surface area (TPSA) is 61.2 Å². The van der Waals surface area contributed by atoms with Gasteiger partial charge >= 0.3 is 5.97 Å². The first-order valence-electron chi connectivity index (χ1n) is 4.70.